The van der Waals surface area contributed by atoms with E-state index in [9.17, 15) is 4.79 Å². The summed E-state index contributed by atoms with van der Waals surface area (Å²) < 4.78 is 0. The summed E-state index contributed by atoms with van der Waals surface area (Å²) in [6.07, 6.45) is 2.24. The number of rotatable bonds is 4. The molecule has 1 aromatic rings. The lowest BCUT2D eigenvalue weighted by Gasteiger charge is -2.23. The lowest BCUT2D eigenvalue weighted by Crippen LogP contribution is -2.37. The second kappa shape index (κ2) is 5.09. The maximum absolute atomic E-state index is 12.0. The third-order valence-corrected chi connectivity index (χ3v) is 3.28. The second-order valence-electron chi connectivity index (χ2n) is 4.75. The van der Waals surface area contributed by atoms with Gasteiger partial charge in [-0.25, -0.2) is 0 Å². The summed E-state index contributed by atoms with van der Waals surface area (Å²) in [7, 11) is 3.73. The van der Waals surface area contributed by atoms with Crippen molar-refractivity contribution in [3.05, 3.63) is 29.8 Å². The van der Waals surface area contributed by atoms with Gasteiger partial charge < -0.3 is 9.80 Å². The zero-order valence-corrected chi connectivity index (χ0v) is 10.8. The highest BCUT2D eigenvalue weighted by Crippen LogP contribution is 2.25. The standard InChI is InChI=1S/C14H17N3O/c1-16(10-14(18)17(2)12-6-7-12)13-5-3-4-11(8-13)9-15/h3-5,8,12H,6-7,10H2,1-2H3. The Kier molecular flexibility index (Phi) is 3.52. The van der Waals surface area contributed by atoms with Crippen LogP contribution in [0.2, 0.25) is 0 Å². The van der Waals surface area contributed by atoms with Crippen molar-refractivity contribution in [1.82, 2.24) is 4.90 Å². The molecule has 0 N–H and O–H groups in total. The van der Waals surface area contributed by atoms with Crippen LogP contribution in [0, 0.1) is 11.3 Å². The highest BCUT2D eigenvalue weighted by Gasteiger charge is 2.29. The summed E-state index contributed by atoms with van der Waals surface area (Å²) in [6, 6.07) is 9.84. The van der Waals surface area contributed by atoms with E-state index in [0.29, 0.717) is 18.2 Å². The number of nitriles is 1. The Morgan fingerprint density at radius 1 is 1.44 bits per heavy atom. The summed E-state index contributed by atoms with van der Waals surface area (Å²) in [4.78, 5) is 15.7. The van der Waals surface area contributed by atoms with Crippen LogP contribution in [0.3, 0.4) is 0 Å². The highest BCUT2D eigenvalue weighted by atomic mass is 16.2. The van der Waals surface area contributed by atoms with E-state index in [4.69, 9.17) is 5.26 Å². The van der Waals surface area contributed by atoms with E-state index < -0.39 is 0 Å². The molecule has 1 aliphatic carbocycles. The fourth-order valence-electron chi connectivity index (χ4n) is 1.88. The molecule has 1 amide bonds. The molecular weight excluding hydrogens is 226 g/mol. The van der Waals surface area contributed by atoms with E-state index in [1.807, 2.05) is 36.0 Å². The predicted molar refractivity (Wildman–Crippen MR) is 70.2 cm³/mol. The molecule has 0 aromatic heterocycles. The van der Waals surface area contributed by atoms with Crippen molar-refractivity contribution < 1.29 is 4.79 Å². The van der Waals surface area contributed by atoms with Gasteiger partial charge in [0, 0.05) is 25.8 Å². The van der Waals surface area contributed by atoms with Gasteiger partial charge in [-0.15, -0.1) is 0 Å². The lowest BCUT2D eigenvalue weighted by molar-refractivity contribution is -0.128. The lowest BCUT2D eigenvalue weighted by atomic mass is 10.2. The predicted octanol–water partition coefficient (Wildman–Crippen LogP) is 1.62. The minimum atomic E-state index is 0.127. The molecule has 1 saturated carbocycles. The van der Waals surface area contributed by atoms with E-state index in [1.165, 1.54) is 0 Å². The molecule has 4 heteroatoms. The number of carbonyl (C=O) groups excluding carboxylic acids is 1. The van der Waals surface area contributed by atoms with E-state index in [-0.39, 0.29) is 5.91 Å². The molecule has 2 rings (SSSR count). The van der Waals surface area contributed by atoms with Crippen molar-refractivity contribution in [3.63, 3.8) is 0 Å². The molecular formula is C14H17N3O. The average molecular weight is 243 g/mol. The van der Waals surface area contributed by atoms with Crippen LogP contribution < -0.4 is 4.90 Å². The van der Waals surface area contributed by atoms with Crippen molar-refractivity contribution in [3.8, 4) is 6.07 Å². The van der Waals surface area contributed by atoms with Crippen LogP contribution in [0.15, 0.2) is 24.3 Å². The fourth-order valence-corrected chi connectivity index (χ4v) is 1.88. The Labute approximate surface area is 107 Å². The van der Waals surface area contributed by atoms with Crippen LogP contribution in [-0.4, -0.2) is 37.5 Å². The molecule has 0 aliphatic heterocycles. The van der Waals surface area contributed by atoms with E-state index in [1.54, 1.807) is 12.1 Å². The third kappa shape index (κ3) is 2.80. The highest BCUT2D eigenvalue weighted by molar-refractivity contribution is 5.81. The molecule has 0 saturated heterocycles. The minimum Gasteiger partial charge on any atom is -0.365 e. The molecule has 4 nitrogen and oxygen atoms in total. The number of carbonyl (C=O) groups is 1. The monoisotopic (exact) mass is 243 g/mol. The minimum absolute atomic E-state index is 0.127. The van der Waals surface area contributed by atoms with Gasteiger partial charge in [-0.05, 0) is 31.0 Å². The van der Waals surface area contributed by atoms with E-state index in [0.717, 1.165) is 18.5 Å². The maximum Gasteiger partial charge on any atom is 0.242 e. The van der Waals surface area contributed by atoms with Crippen LogP contribution >= 0.6 is 0 Å². The van der Waals surface area contributed by atoms with Crippen LogP contribution in [-0.2, 0) is 4.79 Å². The Morgan fingerprint density at radius 2 is 2.17 bits per heavy atom. The molecule has 0 spiro atoms. The van der Waals surface area contributed by atoms with Crippen LogP contribution in [0.4, 0.5) is 5.69 Å². The number of amides is 1. The zero-order valence-electron chi connectivity index (χ0n) is 10.8. The molecule has 0 bridgehead atoms. The van der Waals surface area contributed by atoms with Gasteiger partial charge in [0.15, 0.2) is 0 Å². The van der Waals surface area contributed by atoms with Crippen LogP contribution in [0.1, 0.15) is 18.4 Å². The van der Waals surface area contributed by atoms with Crippen LogP contribution in [0.5, 0.6) is 0 Å². The Hall–Kier alpha value is -2.02. The maximum atomic E-state index is 12.0. The average Bonchev–Trinajstić information content (AvgIpc) is 3.22. The fraction of sp³-hybridized carbons (Fsp3) is 0.429. The first kappa shape index (κ1) is 12.4. The molecule has 0 atom stereocenters. The van der Waals surface area contributed by atoms with Crippen molar-refractivity contribution in [1.29, 1.82) is 5.26 Å². The topological polar surface area (TPSA) is 47.3 Å². The quantitative estimate of drug-likeness (QED) is 0.807. The van der Waals surface area contributed by atoms with E-state index >= 15 is 0 Å². The van der Waals surface area contributed by atoms with Gasteiger partial charge in [0.1, 0.15) is 0 Å². The van der Waals surface area contributed by atoms with Gasteiger partial charge in [-0.1, -0.05) is 6.07 Å². The molecule has 1 fully saturated rings. The van der Waals surface area contributed by atoms with Gasteiger partial charge in [0.25, 0.3) is 0 Å². The van der Waals surface area contributed by atoms with Gasteiger partial charge in [0.2, 0.25) is 5.91 Å². The second-order valence-corrected chi connectivity index (χ2v) is 4.75. The van der Waals surface area contributed by atoms with Crippen molar-refractivity contribution in [2.24, 2.45) is 0 Å². The third-order valence-electron chi connectivity index (χ3n) is 3.28. The van der Waals surface area contributed by atoms with Crippen molar-refractivity contribution in [2.75, 3.05) is 25.5 Å². The largest absolute Gasteiger partial charge is 0.365 e. The number of hydrogen-bond donors (Lipinski definition) is 0. The number of hydrogen-bond acceptors (Lipinski definition) is 3. The first-order valence-electron chi connectivity index (χ1n) is 6.09. The summed E-state index contributed by atoms with van der Waals surface area (Å²) in [5.41, 5.74) is 1.51. The number of nitrogens with zero attached hydrogens (tertiary/aromatic N) is 3. The van der Waals surface area contributed by atoms with Crippen LogP contribution in [0.25, 0.3) is 0 Å². The molecule has 94 valence electrons. The smallest absolute Gasteiger partial charge is 0.242 e. The number of likely N-dealkylation sites (N-methyl/N-ethyl adjacent to an activating group) is 2. The van der Waals surface area contributed by atoms with Gasteiger partial charge in [0.05, 0.1) is 18.2 Å². The van der Waals surface area contributed by atoms with Gasteiger partial charge in [-0.2, -0.15) is 5.26 Å². The number of anilines is 1. The van der Waals surface area contributed by atoms with Crippen molar-refractivity contribution in [2.45, 2.75) is 18.9 Å². The van der Waals surface area contributed by atoms with Gasteiger partial charge >= 0.3 is 0 Å². The number of benzene rings is 1. The summed E-state index contributed by atoms with van der Waals surface area (Å²) in [5, 5.41) is 8.85. The summed E-state index contributed by atoms with van der Waals surface area (Å²) in [6.45, 7) is 0.349. The summed E-state index contributed by atoms with van der Waals surface area (Å²) >= 11 is 0. The molecule has 18 heavy (non-hydrogen) atoms. The molecule has 1 aliphatic rings. The van der Waals surface area contributed by atoms with Crippen molar-refractivity contribution >= 4 is 11.6 Å². The molecule has 0 heterocycles. The molecule has 1 aromatic carbocycles. The first-order valence-corrected chi connectivity index (χ1v) is 6.09. The Morgan fingerprint density at radius 3 is 2.78 bits per heavy atom. The zero-order chi connectivity index (χ0) is 13.1. The summed E-state index contributed by atoms with van der Waals surface area (Å²) in [5.74, 6) is 0.127. The normalized spacial score (nSPS) is 13.8. The molecule has 0 radical (unpaired) electrons. The van der Waals surface area contributed by atoms with Gasteiger partial charge in [-0.3, -0.25) is 4.79 Å². The Balaban J connectivity index is 2.00. The van der Waals surface area contributed by atoms with E-state index in [2.05, 4.69) is 6.07 Å². The first-order chi connectivity index (χ1) is 8.61. The SMILES string of the molecule is CN(CC(=O)N(C)C1CC1)c1cccc(C#N)c1. The Bertz CT molecular complexity index is 488. The molecule has 0 unspecified atom stereocenters.